The number of aliphatic hydroxyl groups excluding tert-OH is 4. The summed E-state index contributed by atoms with van der Waals surface area (Å²) in [5.74, 6) is -2.98. The molecular formula is C23H38O7. The lowest BCUT2D eigenvalue weighted by atomic mass is 9.79. The maximum absolute atomic E-state index is 12.5. The Hall–Kier alpha value is -1.54. The number of cyclic esters (lactones) is 1. The van der Waals surface area contributed by atoms with Gasteiger partial charge in [-0.05, 0) is 32.8 Å². The second-order valence-corrected chi connectivity index (χ2v) is 8.59. The molecule has 8 atom stereocenters. The molecule has 0 aliphatic carbocycles. The highest BCUT2D eigenvalue weighted by atomic mass is 16.5. The monoisotopic (exact) mass is 426 g/mol. The fraction of sp³-hybridized carbons (Fsp3) is 0.739. The molecule has 0 aromatic carbocycles. The Morgan fingerprint density at radius 1 is 1.20 bits per heavy atom. The lowest BCUT2D eigenvalue weighted by Gasteiger charge is -2.33. The minimum atomic E-state index is -1.17. The third kappa shape index (κ3) is 7.61. The van der Waals surface area contributed by atoms with E-state index in [0.29, 0.717) is 6.42 Å². The molecule has 1 aliphatic heterocycles. The van der Waals surface area contributed by atoms with Crippen molar-refractivity contribution >= 4 is 11.8 Å². The highest BCUT2D eigenvalue weighted by molar-refractivity contribution is 5.91. The predicted molar refractivity (Wildman–Crippen MR) is 113 cm³/mol. The summed E-state index contributed by atoms with van der Waals surface area (Å²) in [4.78, 5) is 24.9. The van der Waals surface area contributed by atoms with Crippen molar-refractivity contribution < 1.29 is 34.8 Å². The lowest BCUT2D eigenvalue weighted by Crippen LogP contribution is -2.42. The average molecular weight is 427 g/mol. The van der Waals surface area contributed by atoms with Crippen molar-refractivity contribution in [3.8, 4) is 0 Å². The number of carbonyl (C=O) groups excluding carboxylic acids is 2. The zero-order valence-electron chi connectivity index (χ0n) is 18.7. The summed E-state index contributed by atoms with van der Waals surface area (Å²) >= 11 is 0. The third-order valence-electron chi connectivity index (χ3n) is 6.05. The number of aliphatic hydroxyl groups is 4. The van der Waals surface area contributed by atoms with Crippen LogP contribution in [0.2, 0.25) is 0 Å². The van der Waals surface area contributed by atoms with Gasteiger partial charge in [-0.1, -0.05) is 38.5 Å². The Bertz CT molecular complexity index is 625. The third-order valence-corrected chi connectivity index (χ3v) is 6.05. The molecule has 0 saturated carbocycles. The first-order valence-electron chi connectivity index (χ1n) is 10.8. The van der Waals surface area contributed by atoms with Gasteiger partial charge in [0.05, 0.1) is 31.3 Å². The van der Waals surface area contributed by atoms with Crippen LogP contribution in [0, 0.1) is 23.7 Å². The van der Waals surface area contributed by atoms with Crippen molar-refractivity contribution in [2.24, 2.45) is 23.7 Å². The number of ketones is 1. The van der Waals surface area contributed by atoms with Crippen LogP contribution in [0.1, 0.15) is 53.9 Å². The molecule has 0 unspecified atom stereocenters. The van der Waals surface area contributed by atoms with Gasteiger partial charge in [-0.15, -0.1) is 0 Å². The largest absolute Gasteiger partial charge is 0.462 e. The average Bonchev–Trinajstić information content (AvgIpc) is 2.70. The lowest BCUT2D eigenvalue weighted by molar-refractivity contribution is -0.155. The normalized spacial score (nSPS) is 39.0. The zero-order chi connectivity index (χ0) is 23.0. The van der Waals surface area contributed by atoms with Crippen LogP contribution in [0.15, 0.2) is 23.8 Å². The van der Waals surface area contributed by atoms with Crippen molar-refractivity contribution in [2.45, 2.75) is 78.3 Å². The van der Waals surface area contributed by atoms with Gasteiger partial charge in [0.2, 0.25) is 0 Å². The fourth-order valence-electron chi connectivity index (χ4n) is 3.86. The summed E-state index contributed by atoms with van der Waals surface area (Å²) < 4.78 is 5.49. The number of ether oxygens (including phenoxy) is 1. The van der Waals surface area contributed by atoms with Crippen LogP contribution < -0.4 is 0 Å². The SMILES string of the molecule is CC[C@H]1OC(=O)C[C@@H](O)[C@H](C)[C@@H](O)[C@@H]([C@H](C)O)C[C@@H](C)C(=O)/C=C/C(C)=C/[C@@H]1CO. The van der Waals surface area contributed by atoms with Crippen molar-refractivity contribution in [3.05, 3.63) is 23.8 Å². The number of allylic oxidation sites excluding steroid dienone is 3. The van der Waals surface area contributed by atoms with E-state index in [4.69, 9.17) is 4.74 Å². The molecule has 4 N–H and O–H groups in total. The Kier molecular flexibility index (Phi) is 10.9. The number of hydrogen-bond acceptors (Lipinski definition) is 7. The van der Waals surface area contributed by atoms with Crippen molar-refractivity contribution in [3.63, 3.8) is 0 Å². The standard InChI is InChI=1S/C23H38O7/c1-6-21-17(12-24)9-13(2)7-8-19(26)14(3)10-18(16(5)25)23(29)15(4)20(27)11-22(28)30-21/h7-9,14-18,20-21,23-25,27,29H,6,10-12H2,1-5H3/b8-7+,13-9+/t14-,15+,16+,17-,18-,20-,21-,23-/m1/s1. The van der Waals surface area contributed by atoms with E-state index >= 15 is 0 Å². The molecule has 7 heteroatoms. The van der Waals surface area contributed by atoms with Gasteiger partial charge in [-0.2, -0.15) is 0 Å². The van der Waals surface area contributed by atoms with Gasteiger partial charge in [0, 0.05) is 23.7 Å². The molecular weight excluding hydrogens is 388 g/mol. The van der Waals surface area contributed by atoms with Crippen LogP contribution in [-0.4, -0.2) is 63.2 Å². The summed E-state index contributed by atoms with van der Waals surface area (Å²) in [6.45, 7) is 8.28. The second kappa shape index (κ2) is 12.3. The fourth-order valence-corrected chi connectivity index (χ4v) is 3.86. The Labute approximate surface area is 179 Å². The van der Waals surface area contributed by atoms with E-state index < -0.39 is 54.1 Å². The first-order chi connectivity index (χ1) is 14.0. The molecule has 1 rings (SSSR count). The molecule has 0 spiro atoms. The van der Waals surface area contributed by atoms with E-state index in [0.717, 1.165) is 5.57 Å². The van der Waals surface area contributed by atoms with Crippen LogP contribution in [-0.2, 0) is 14.3 Å². The van der Waals surface area contributed by atoms with E-state index in [1.165, 1.54) is 6.08 Å². The van der Waals surface area contributed by atoms with Crippen LogP contribution in [0.3, 0.4) is 0 Å². The van der Waals surface area contributed by atoms with Gasteiger partial charge in [0.1, 0.15) is 6.10 Å². The summed E-state index contributed by atoms with van der Waals surface area (Å²) in [6, 6.07) is 0. The summed E-state index contributed by atoms with van der Waals surface area (Å²) in [6.07, 6.45) is 1.53. The number of carbonyl (C=O) groups is 2. The van der Waals surface area contributed by atoms with Crippen LogP contribution in [0.4, 0.5) is 0 Å². The van der Waals surface area contributed by atoms with Gasteiger partial charge < -0.3 is 25.2 Å². The summed E-state index contributed by atoms with van der Waals surface area (Å²) in [5.41, 5.74) is 0.747. The molecule has 0 radical (unpaired) electrons. The molecule has 30 heavy (non-hydrogen) atoms. The minimum absolute atomic E-state index is 0.139. The van der Waals surface area contributed by atoms with Gasteiger partial charge in [-0.3, -0.25) is 9.59 Å². The van der Waals surface area contributed by atoms with Crippen molar-refractivity contribution in [2.75, 3.05) is 6.61 Å². The van der Waals surface area contributed by atoms with Crippen molar-refractivity contribution in [1.29, 1.82) is 0 Å². The highest BCUT2D eigenvalue weighted by Crippen LogP contribution is 2.28. The maximum atomic E-state index is 12.5. The Balaban J connectivity index is 3.29. The van der Waals surface area contributed by atoms with Crippen molar-refractivity contribution in [1.82, 2.24) is 0 Å². The number of hydrogen-bond donors (Lipinski definition) is 4. The zero-order valence-corrected chi connectivity index (χ0v) is 18.7. The Morgan fingerprint density at radius 2 is 1.83 bits per heavy atom. The van der Waals surface area contributed by atoms with E-state index in [-0.39, 0.29) is 25.2 Å². The molecule has 1 heterocycles. The molecule has 0 bridgehead atoms. The summed E-state index contributed by atoms with van der Waals surface area (Å²) in [5, 5.41) is 41.2. The van der Waals surface area contributed by atoms with Gasteiger partial charge >= 0.3 is 5.97 Å². The first kappa shape index (κ1) is 26.5. The molecule has 7 nitrogen and oxygen atoms in total. The predicted octanol–water partition coefficient (Wildman–Crippen LogP) is 1.77. The van der Waals surface area contributed by atoms with Gasteiger partial charge in [-0.25, -0.2) is 0 Å². The van der Waals surface area contributed by atoms with Crippen LogP contribution in [0.5, 0.6) is 0 Å². The molecule has 0 aromatic rings. The van der Waals surface area contributed by atoms with E-state index in [1.54, 1.807) is 39.8 Å². The molecule has 172 valence electrons. The van der Waals surface area contributed by atoms with Gasteiger partial charge in [0.25, 0.3) is 0 Å². The smallest absolute Gasteiger partial charge is 0.308 e. The molecule has 1 aliphatic rings. The van der Waals surface area contributed by atoms with E-state index in [2.05, 4.69) is 0 Å². The second-order valence-electron chi connectivity index (χ2n) is 8.59. The quantitative estimate of drug-likeness (QED) is 0.507. The summed E-state index contributed by atoms with van der Waals surface area (Å²) in [7, 11) is 0. The Morgan fingerprint density at radius 3 is 2.37 bits per heavy atom. The first-order valence-corrected chi connectivity index (χ1v) is 10.8. The molecule has 0 fully saturated rings. The minimum Gasteiger partial charge on any atom is -0.462 e. The topological polar surface area (TPSA) is 124 Å². The number of rotatable bonds is 3. The van der Waals surface area contributed by atoms with Crippen LogP contribution >= 0.6 is 0 Å². The van der Waals surface area contributed by atoms with E-state index in [9.17, 15) is 30.0 Å². The number of esters is 1. The molecule has 0 aromatic heterocycles. The molecule has 0 saturated heterocycles. The molecule has 0 amide bonds. The van der Waals surface area contributed by atoms with E-state index in [1.807, 2.05) is 6.92 Å². The highest BCUT2D eigenvalue weighted by Gasteiger charge is 2.35. The van der Waals surface area contributed by atoms with Crippen LogP contribution in [0.25, 0.3) is 0 Å². The maximum Gasteiger partial charge on any atom is 0.308 e. The van der Waals surface area contributed by atoms with Gasteiger partial charge in [0.15, 0.2) is 5.78 Å².